The Morgan fingerprint density at radius 2 is 2.06 bits per heavy atom. The Morgan fingerprint density at radius 1 is 1.44 bits per heavy atom. The van der Waals surface area contributed by atoms with E-state index in [0.717, 1.165) is 0 Å². The van der Waals surface area contributed by atoms with Crippen LogP contribution in [0.1, 0.15) is 19.5 Å². The van der Waals surface area contributed by atoms with Gasteiger partial charge in [0.05, 0.1) is 16.9 Å². The van der Waals surface area contributed by atoms with E-state index < -0.39 is 5.54 Å². The quantitative estimate of drug-likeness (QED) is 0.796. The maximum absolute atomic E-state index is 11.9. The van der Waals surface area contributed by atoms with E-state index in [4.69, 9.17) is 11.6 Å². The molecule has 0 aliphatic heterocycles. The van der Waals surface area contributed by atoms with Gasteiger partial charge in [0, 0.05) is 0 Å². The fourth-order valence-electron chi connectivity index (χ4n) is 1.05. The molecule has 0 aromatic carbocycles. The highest BCUT2D eigenvalue weighted by molar-refractivity contribution is 6.29. The number of hydrogen-bond donors (Lipinski definition) is 2. The largest absolute Gasteiger partial charge is 0.323 e. The first kappa shape index (κ1) is 12.9. The van der Waals surface area contributed by atoms with Crippen molar-refractivity contribution < 1.29 is 4.79 Å². The molecule has 0 unspecified atom stereocenters. The van der Waals surface area contributed by atoms with Crippen LogP contribution in [0.25, 0.3) is 0 Å². The van der Waals surface area contributed by atoms with Gasteiger partial charge in [0.2, 0.25) is 5.91 Å². The number of likely N-dealkylation sites (N-methyl/N-ethyl adjacent to an activating group) is 1. The molecule has 0 bridgehead atoms. The van der Waals surface area contributed by atoms with E-state index in [1.54, 1.807) is 40.0 Å². The Hall–Kier alpha value is -1.13. The lowest BCUT2D eigenvalue weighted by atomic mass is 10.1. The van der Waals surface area contributed by atoms with Crippen molar-refractivity contribution in [2.75, 3.05) is 12.4 Å². The Labute approximate surface area is 100 Å². The summed E-state index contributed by atoms with van der Waals surface area (Å²) < 4.78 is 0. The lowest BCUT2D eigenvalue weighted by molar-refractivity contribution is -0.121. The third-order valence-corrected chi connectivity index (χ3v) is 2.70. The molecule has 0 fully saturated rings. The molecule has 1 rings (SSSR count). The van der Waals surface area contributed by atoms with E-state index >= 15 is 0 Å². The van der Waals surface area contributed by atoms with Crippen LogP contribution in [0.15, 0.2) is 12.1 Å². The number of pyridine rings is 1. The van der Waals surface area contributed by atoms with Gasteiger partial charge in [0.15, 0.2) is 0 Å². The zero-order chi connectivity index (χ0) is 12.3. The first-order valence-electron chi connectivity index (χ1n) is 5.00. The van der Waals surface area contributed by atoms with Crippen molar-refractivity contribution in [1.29, 1.82) is 0 Å². The van der Waals surface area contributed by atoms with Gasteiger partial charge in [-0.1, -0.05) is 11.6 Å². The average Bonchev–Trinajstić information content (AvgIpc) is 2.22. The average molecular weight is 242 g/mol. The van der Waals surface area contributed by atoms with E-state index in [2.05, 4.69) is 15.6 Å². The number of rotatable bonds is 3. The Kier molecular flexibility index (Phi) is 3.88. The molecular formula is C11H16ClN3O. The number of halogens is 1. The van der Waals surface area contributed by atoms with Crippen molar-refractivity contribution in [2.45, 2.75) is 26.3 Å². The van der Waals surface area contributed by atoms with Crippen LogP contribution in [0.3, 0.4) is 0 Å². The lowest BCUT2D eigenvalue weighted by Crippen LogP contribution is -2.48. The first-order chi connectivity index (χ1) is 7.36. The topological polar surface area (TPSA) is 54.0 Å². The number of carbonyl (C=O) groups excluding carboxylic acids is 1. The van der Waals surface area contributed by atoms with Crippen molar-refractivity contribution in [3.8, 4) is 0 Å². The molecule has 1 aromatic heterocycles. The van der Waals surface area contributed by atoms with Crippen LogP contribution >= 0.6 is 11.6 Å². The van der Waals surface area contributed by atoms with Crippen molar-refractivity contribution >= 4 is 23.2 Å². The van der Waals surface area contributed by atoms with Crippen molar-refractivity contribution in [2.24, 2.45) is 0 Å². The second-order valence-corrected chi connectivity index (χ2v) is 4.48. The van der Waals surface area contributed by atoms with Gasteiger partial charge in [-0.3, -0.25) is 4.79 Å². The molecule has 88 valence electrons. The fourth-order valence-corrected chi connectivity index (χ4v) is 1.24. The second-order valence-electron chi connectivity index (χ2n) is 4.10. The van der Waals surface area contributed by atoms with Gasteiger partial charge in [0.25, 0.3) is 0 Å². The van der Waals surface area contributed by atoms with E-state index in [0.29, 0.717) is 16.5 Å². The molecule has 0 saturated heterocycles. The monoisotopic (exact) mass is 241 g/mol. The maximum Gasteiger partial charge on any atom is 0.244 e. The molecule has 0 aliphatic carbocycles. The van der Waals surface area contributed by atoms with Gasteiger partial charge < -0.3 is 10.6 Å². The standard InChI is InChI=1S/C11H16ClN3O/c1-7-8(5-6-9(12)14-7)15-10(16)11(2,3)13-4/h5-6,13H,1-4H3,(H,15,16). The van der Waals surface area contributed by atoms with Crippen LogP contribution in [-0.2, 0) is 4.79 Å². The minimum Gasteiger partial charge on any atom is -0.323 e. The van der Waals surface area contributed by atoms with Gasteiger partial charge in [-0.05, 0) is 40.0 Å². The molecule has 2 N–H and O–H groups in total. The highest BCUT2D eigenvalue weighted by Gasteiger charge is 2.25. The third-order valence-electron chi connectivity index (χ3n) is 2.49. The van der Waals surface area contributed by atoms with Crippen LogP contribution in [0.2, 0.25) is 5.15 Å². The molecule has 0 spiro atoms. The summed E-state index contributed by atoms with van der Waals surface area (Å²) in [5.41, 5.74) is 0.761. The molecule has 1 heterocycles. The molecule has 0 saturated carbocycles. The zero-order valence-corrected chi connectivity index (χ0v) is 10.6. The molecule has 0 radical (unpaired) electrons. The number of nitrogens with zero attached hydrogens (tertiary/aromatic N) is 1. The van der Waals surface area contributed by atoms with E-state index in [-0.39, 0.29) is 5.91 Å². The van der Waals surface area contributed by atoms with Crippen LogP contribution in [0, 0.1) is 6.92 Å². The van der Waals surface area contributed by atoms with Crippen molar-refractivity contribution in [3.63, 3.8) is 0 Å². The molecule has 1 aromatic rings. The van der Waals surface area contributed by atoms with Gasteiger partial charge in [-0.2, -0.15) is 0 Å². The number of anilines is 1. The molecular weight excluding hydrogens is 226 g/mol. The predicted octanol–water partition coefficient (Wildman–Crippen LogP) is 1.98. The highest BCUT2D eigenvalue weighted by Crippen LogP contribution is 2.17. The van der Waals surface area contributed by atoms with Crippen molar-refractivity contribution in [3.05, 3.63) is 23.0 Å². The number of carbonyl (C=O) groups is 1. The Morgan fingerprint density at radius 3 is 2.56 bits per heavy atom. The summed E-state index contributed by atoms with van der Waals surface area (Å²) in [5.74, 6) is -0.109. The van der Waals surface area contributed by atoms with Gasteiger partial charge in [0.1, 0.15) is 5.15 Å². The lowest BCUT2D eigenvalue weighted by Gasteiger charge is -2.23. The third kappa shape index (κ3) is 2.93. The SMILES string of the molecule is CNC(C)(C)C(=O)Nc1ccc(Cl)nc1C. The van der Waals surface area contributed by atoms with Gasteiger partial charge in [-0.15, -0.1) is 0 Å². The molecule has 5 heteroatoms. The molecule has 0 aliphatic rings. The summed E-state index contributed by atoms with van der Waals surface area (Å²) in [6, 6.07) is 3.39. The smallest absolute Gasteiger partial charge is 0.244 e. The summed E-state index contributed by atoms with van der Waals surface area (Å²) in [6.07, 6.45) is 0. The Bertz CT molecular complexity index is 404. The molecule has 0 atom stereocenters. The fraction of sp³-hybridized carbons (Fsp3) is 0.455. The number of aryl methyl sites for hydroxylation is 1. The summed E-state index contributed by atoms with van der Waals surface area (Å²) in [5, 5.41) is 6.16. The Balaban J connectivity index is 2.85. The zero-order valence-electron chi connectivity index (χ0n) is 9.89. The predicted molar refractivity (Wildman–Crippen MR) is 65.8 cm³/mol. The van der Waals surface area contributed by atoms with Crippen LogP contribution in [-0.4, -0.2) is 23.5 Å². The normalized spacial score (nSPS) is 11.3. The maximum atomic E-state index is 11.9. The number of hydrogen-bond acceptors (Lipinski definition) is 3. The van der Waals surface area contributed by atoms with Crippen LogP contribution in [0.5, 0.6) is 0 Å². The van der Waals surface area contributed by atoms with Gasteiger partial charge >= 0.3 is 0 Å². The van der Waals surface area contributed by atoms with Crippen LogP contribution in [0.4, 0.5) is 5.69 Å². The minimum atomic E-state index is -0.619. The van der Waals surface area contributed by atoms with E-state index in [9.17, 15) is 4.79 Å². The van der Waals surface area contributed by atoms with Crippen LogP contribution < -0.4 is 10.6 Å². The molecule has 1 amide bonds. The summed E-state index contributed by atoms with van der Waals surface area (Å²) in [7, 11) is 1.74. The van der Waals surface area contributed by atoms with E-state index in [1.807, 2.05) is 0 Å². The first-order valence-corrected chi connectivity index (χ1v) is 5.38. The highest BCUT2D eigenvalue weighted by atomic mass is 35.5. The van der Waals surface area contributed by atoms with E-state index in [1.165, 1.54) is 0 Å². The summed E-state index contributed by atoms with van der Waals surface area (Å²) in [4.78, 5) is 15.9. The number of nitrogens with one attached hydrogen (secondary N) is 2. The summed E-state index contributed by atoms with van der Waals surface area (Å²) in [6.45, 7) is 5.41. The van der Waals surface area contributed by atoms with Gasteiger partial charge in [-0.25, -0.2) is 4.98 Å². The number of aromatic nitrogens is 1. The number of amides is 1. The second kappa shape index (κ2) is 4.80. The molecule has 16 heavy (non-hydrogen) atoms. The molecule has 4 nitrogen and oxygen atoms in total. The van der Waals surface area contributed by atoms with Crippen molar-refractivity contribution in [1.82, 2.24) is 10.3 Å². The minimum absolute atomic E-state index is 0.109. The summed E-state index contributed by atoms with van der Waals surface area (Å²) >= 11 is 5.73.